The van der Waals surface area contributed by atoms with E-state index in [2.05, 4.69) is 4.72 Å². The number of nitrogens with one attached hydrogen (secondary N) is 1. The van der Waals surface area contributed by atoms with Gasteiger partial charge in [-0.05, 0) is 42.8 Å². The maximum Gasteiger partial charge on any atom is 0.253 e. The van der Waals surface area contributed by atoms with Crippen molar-refractivity contribution in [2.75, 3.05) is 24.6 Å². The Morgan fingerprint density at radius 3 is 2.58 bits per heavy atom. The Balaban J connectivity index is 1.68. The molecule has 1 aliphatic rings. The summed E-state index contributed by atoms with van der Waals surface area (Å²) in [5.41, 5.74) is 1.37. The molecule has 2 aromatic rings. The van der Waals surface area contributed by atoms with Crippen molar-refractivity contribution >= 4 is 33.2 Å². The first-order chi connectivity index (χ1) is 12.4. The third-order valence-corrected chi connectivity index (χ3v) is 5.99. The number of sulfonamides is 1. The summed E-state index contributed by atoms with van der Waals surface area (Å²) in [5, 5.41) is 0.581. The van der Waals surface area contributed by atoms with Crippen molar-refractivity contribution in [1.29, 1.82) is 0 Å². The van der Waals surface area contributed by atoms with Crippen LogP contribution in [0.4, 0.5) is 5.69 Å². The van der Waals surface area contributed by atoms with Crippen LogP contribution in [-0.2, 0) is 19.6 Å². The lowest BCUT2D eigenvalue weighted by Crippen LogP contribution is -2.50. The number of ether oxygens (including phenoxy) is 1. The van der Waals surface area contributed by atoms with Crippen LogP contribution >= 0.6 is 11.6 Å². The van der Waals surface area contributed by atoms with Crippen molar-refractivity contribution in [3.63, 3.8) is 0 Å². The van der Waals surface area contributed by atoms with Gasteiger partial charge in [-0.3, -0.25) is 4.79 Å². The van der Waals surface area contributed by atoms with E-state index in [1.165, 1.54) is 0 Å². The van der Waals surface area contributed by atoms with Gasteiger partial charge in [-0.2, -0.15) is 0 Å². The zero-order valence-corrected chi connectivity index (χ0v) is 15.8. The number of halogens is 1. The summed E-state index contributed by atoms with van der Waals surface area (Å²) in [4.78, 5) is 13.9. The van der Waals surface area contributed by atoms with E-state index in [9.17, 15) is 13.2 Å². The van der Waals surface area contributed by atoms with Crippen LogP contribution in [0.15, 0.2) is 53.4 Å². The largest absolute Gasteiger partial charge is 0.365 e. The molecule has 1 amide bonds. The number of hydrogen-bond donors (Lipinski definition) is 1. The van der Waals surface area contributed by atoms with Gasteiger partial charge in [-0.25, -0.2) is 13.1 Å². The number of benzene rings is 2. The van der Waals surface area contributed by atoms with E-state index in [1.807, 2.05) is 0 Å². The topological polar surface area (TPSA) is 75.7 Å². The van der Waals surface area contributed by atoms with Gasteiger partial charge in [0.05, 0.1) is 17.5 Å². The van der Waals surface area contributed by atoms with Crippen molar-refractivity contribution in [1.82, 2.24) is 4.72 Å². The second kappa shape index (κ2) is 7.75. The zero-order chi connectivity index (χ0) is 18.7. The second-order valence-corrected chi connectivity index (χ2v) is 8.20. The lowest BCUT2D eigenvalue weighted by molar-refractivity contribution is -0.129. The Bertz CT molecular complexity index is 900. The molecule has 3 rings (SSSR count). The molecule has 0 spiro atoms. The molecule has 0 radical (unpaired) electrons. The maximum absolute atomic E-state index is 12.5. The predicted octanol–water partition coefficient (Wildman–Crippen LogP) is 2.36. The Hall–Kier alpha value is -1.93. The number of anilines is 1. The van der Waals surface area contributed by atoms with Gasteiger partial charge in [-0.1, -0.05) is 29.8 Å². The van der Waals surface area contributed by atoms with Crippen LogP contribution in [0.1, 0.15) is 5.56 Å². The van der Waals surface area contributed by atoms with E-state index in [0.717, 1.165) is 0 Å². The Kier molecular flexibility index (Phi) is 5.62. The minimum absolute atomic E-state index is 0.0774. The average Bonchev–Trinajstić information content (AvgIpc) is 2.62. The number of morpholine rings is 1. The molecule has 26 heavy (non-hydrogen) atoms. The van der Waals surface area contributed by atoms with Gasteiger partial charge in [0.25, 0.3) is 5.91 Å². The minimum atomic E-state index is -3.64. The molecule has 1 fully saturated rings. The number of nitrogens with zero attached hydrogens (tertiary/aromatic N) is 1. The van der Waals surface area contributed by atoms with Gasteiger partial charge in [0.2, 0.25) is 10.0 Å². The van der Waals surface area contributed by atoms with Gasteiger partial charge < -0.3 is 9.64 Å². The smallest absolute Gasteiger partial charge is 0.253 e. The standard InChI is InChI=1S/C18H19ClN2O4S/c1-13-4-2-3-5-17(13)26(23,24)20-10-16-11-21(18(22)12-25-16)15-8-6-14(19)7-9-15/h2-9,16,20H,10-12H2,1H3. The molecule has 0 aliphatic carbocycles. The maximum atomic E-state index is 12.5. The van der Waals surface area contributed by atoms with Crippen molar-refractivity contribution in [3.8, 4) is 0 Å². The van der Waals surface area contributed by atoms with Crippen molar-refractivity contribution < 1.29 is 17.9 Å². The van der Waals surface area contributed by atoms with E-state index >= 15 is 0 Å². The molecule has 2 aromatic carbocycles. The van der Waals surface area contributed by atoms with Crippen LogP contribution in [0.25, 0.3) is 0 Å². The van der Waals surface area contributed by atoms with Crippen molar-refractivity contribution in [2.45, 2.75) is 17.9 Å². The summed E-state index contributed by atoms with van der Waals surface area (Å²) in [6.07, 6.45) is -0.442. The van der Waals surface area contributed by atoms with Gasteiger partial charge >= 0.3 is 0 Å². The molecule has 138 valence electrons. The van der Waals surface area contributed by atoms with Crippen LogP contribution in [0.2, 0.25) is 5.02 Å². The fourth-order valence-corrected chi connectivity index (χ4v) is 4.19. The Morgan fingerprint density at radius 1 is 1.19 bits per heavy atom. The highest BCUT2D eigenvalue weighted by Crippen LogP contribution is 2.21. The molecular formula is C18H19ClN2O4S. The first-order valence-corrected chi connectivity index (χ1v) is 9.96. The number of rotatable bonds is 5. The molecule has 8 heteroatoms. The summed E-state index contributed by atoms with van der Waals surface area (Å²) in [6, 6.07) is 13.7. The van der Waals surface area contributed by atoms with Crippen molar-refractivity contribution in [3.05, 3.63) is 59.1 Å². The molecule has 1 heterocycles. The van der Waals surface area contributed by atoms with Crippen LogP contribution < -0.4 is 9.62 Å². The Morgan fingerprint density at radius 2 is 1.88 bits per heavy atom. The first-order valence-electron chi connectivity index (χ1n) is 8.09. The van der Waals surface area contributed by atoms with E-state index in [1.54, 1.807) is 60.4 Å². The number of carbonyl (C=O) groups excluding carboxylic acids is 1. The summed E-state index contributed by atoms with van der Waals surface area (Å²) in [5.74, 6) is -0.176. The highest BCUT2D eigenvalue weighted by Gasteiger charge is 2.28. The number of aryl methyl sites for hydroxylation is 1. The highest BCUT2D eigenvalue weighted by atomic mass is 35.5. The summed E-state index contributed by atoms with van der Waals surface area (Å²) < 4.78 is 33.0. The van der Waals surface area contributed by atoms with E-state index in [-0.39, 0.29) is 30.5 Å². The molecular weight excluding hydrogens is 376 g/mol. The van der Waals surface area contributed by atoms with Crippen LogP contribution in [0, 0.1) is 6.92 Å². The third kappa shape index (κ3) is 4.24. The lowest BCUT2D eigenvalue weighted by Gasteiger charge is -2.32. The van der Waals surface area contributed by atoms with Crippen LogP contribution in [-0.4, -0.2) is 40.1 Å². The SMILES string of the molecule is Cc1ccccc1S(=O)(=O)NCC1CN(c2ccc(Cl)cc2)C(=O)CO1. The van der Waals surface area contributed by atoms with Crippen LogP contribution in [0.3, 0.4) is 0 Å². The van der Waals surface area contributed by atoms with Gasteiger partial charge in [-0.15, -0.1) is 0 Å². The number of carbonyl (C=O) groups is 1. The van der Waals surface area contributed by atoms with Gasteiger partial charge in [0.15, 0.2) is 0 Å². The predicted molar refractivity (Wildman–Crippen MR) is 99.9 cm³/mol. The summed E-state index contributed by atoms with van der Waals surface area (Å²) >= 11 is 5.88. The average molecular weight is 395 g/mol. The molecule has 1 unspecified atom stereocenters. The first kappa shape index (κ1) is 18.8. The molecule has 1 aliphatic heterocycles. The lowest BCUT2D eigenvalue weighted by atomic mass is 10.2. The molecule has 1 atom stereocenters. The summed E-state index contributed by atoms with van der Waals surface area (Å²) in [7, 11) is -3.64. The van der Waals surface area contributed by atoms with E-state index < -0.39 is 16.1 Å². The molecule has 1 N–H and O–H groups in total. The number of hydrogen-bond acceptors (Lipinski definition) is 4. The normalized spacial score (nSPS) is 18.2. The second-order valence-electron chi connectivity index (χ2n) is 6.03. The zero-order valence-electron chi connectivity index (χ0n) is 14.2. The molecule has 0 aromatic heterocycles. The van der Waals surface area contributed by atoms with Crippen LogP contribution in [0.5, 0.6) is 0 Å². The van der Waals surface area contributed by atoms with Crippen molar-refractivity contribution in [2.24, 2.45) is 0 Å². The third-order valence-electron chi connectivity index (χ3n) is 4.15. The molecule has 1 saturated heterocycles. The fraction of sp³-hybridized carbons (Fsp3) is 0.278. The number of amides is 1. The minimum Gasteiger partial charge on any atom is -0.365 e. The molecule has 0 saturated carbocycles. The van der Waals surface area contributed by atoms with E-state index in [0.29, 0.717) is 16.3 Å². The van der Waals surface area contributed by atoms with Gasteiger partial charge in [0.1, 0.15) is 6.61 Å². The summed E-state index contributed by atoms with van der Waals surface area (Å²) in [6.45, 7) is 1.98. The molecule has 6 nitrogen and oxygen atoms in total. The fourth-order valence-electron chi connectivity index (χ4n) is 2.76. The highest BCUT2D eigenvalue weighted by molar-refractivity contribution is 7.89. The van der Waals surface area contributed by atoms with E-state index in [4.69, 9.17) is 16.3 Å². The van der Waals surface area contributed by atoms with Gasteiger partial charge in [0, 0.05) is 17.3 Å². The Labute approximate surface area is 157 Å². The quantitative estimate of drug-likeness (QED) is 0.844. The molecule has 0 bridgehead atoms. The monoisotopic (exact) mass is 394 g/mol.